The highest BCUT2D eigenvalue weighted by Gasteiger charge is 2.23. The second-order valence-corrected chi connectivity index (χ2v) is 9.83. The summed E-state index contributed by atoms with van der Waals surface area (Å²) in [6.07, 6.45) is 0. The highest BCUT2D eigenvalue weighted by Crippen LogP contribution is 2.37. The molecule has 0 radical (unpaired) electrons. The van der Waals surface area contributed by atoms with E-state index in [0.717, 1.165) is 21.8 Å². The number of halogens is 2. The van der Waals surface area contributed by atoms with Crippen LogP contribution in [0.25, 0.3) is 0 Å². The Morgan fingerprint density at radius 3 is 2.38 bits per heavy atom. The van der Waals surface area contributed by atoms with Gasteiger partial charge >= 0.3 is 0 Å². The van der Waals surface area contributed by atoms with Crippen molar-refractivity contribution in [2.75, 3.05) is 23.1 Å². The quantitative estimate of drug-likeness (QED) is 0.154. The molecular weight excluding hydrogens is 529 g/mol. The van der Waals surface area contributed by atoms with E-state index in [4.69, 9.17) is 28.6 Å². The second-order valence-electron chi connectivity index (χ2n) is 7.83. The van der Waals surface area contributed by atoms with Gasteiger partial charge in [0.1, 0.15) is 16.8 Å². The molecule has 4 rings (SSSR count). The summed E-state index contributed by atoms with van der Waals surface area (Å²) in [6.45, 7) is 0. The van der Waals surface area contributed by atoms with Gasteiger partial charge in [-0.1, -0.05) is 60.1 Å². The fourth-order valence-electron chi connectivity index (χ4n) is 3.50. The van der Waals surface area contributed by atoms with E-state index in [-0.39, 0.29) is 10.9 Å². The number of thiocarbonyl (C=S) groups is 1. The Morgan fingerprint density at radius 1 is 0.892 bits per heavy atom. The topological polar surface area (TPSA) is 62.4 Å². The monoisotopic (exact) mass is 551 g/mol. The number of nitrogens with one attached hydrogen (secondary N) is 3. The van der Waals surface area contributed by atoms with Crippen LogP contribution in [-0.2, 0) is 4.79 Å². The molecule has 0 aromatic heterocycles. The number of anilines is 3. The minimum atomic E-state index is -0.570. The van der Waals surface area contributed by atoms with Gasteiger partial charge in [0.25, 0.3) is 0 Å². The molecule has 0 fully saturated rings. The Hall–Kier alpha value is -3.59. The number of hydrogen-bond donors (Lipinski definition) is 3. The maximum absolute atomic E-state index is 13.6. The summed E-state index contributed by atoms with van der Waals surface area (Å²) >= 11 is 12.8. The maximum atomic E-state index is 13.6. The number of hydrogen-bond acceptors (Lipinski definition) is 4. The standard InChI is InChI=1S/C28H23ClFN3O2S2/c1-35-25-13-6-5-12-24(25)33-28(36)32-19-10-7-11-21(16-19)37-26(18-8-3-2-4-9-18)27(34)31-20-14-15-23(30)22(29)17-20/h2-17,26H,1H3,(H,31,34)(H2,32,33,36). The summed E-state index contributed by atoms with van der Waals surface area (Å²) in [4.78, 5) is 14.2. The van der Waals surface area contributed by atoms with Crippen LogP contribution in [0.2, 0.25) is 5.02 Å². The summed E-state index contributed by atoms with van der Waals surface area (Å²) in [5.41, 5.74) is 2.75. The number of carbonyl (C=O) groups is 1. The predicted octanol–water partition coefficient (Wildman–Crippen LogP) is 7.77. The molecule has 5 nitrogen and oxygen atoms in total. The van der Waals surface area contributed by atoms with E-state index in [2.05, 4.69) is 16.0 Å². The molecule has 0 saturated carbocycles. The van der Waals surface area contributed by atoms with Crippen molar-refractivity contribution < 1.29 is 13.9 Å². The van der Waals surface area contributed by atoms with Gasteiger partial charge in [-0.2, -0.15) is 0 Å². The Balaban J connectivity index is 1.50. The van der Waals surface area contributed by atoms with Crippen molar-refractivity contribution in [3.8, 4) is 5.75 Å². The predicted molar refractivity (Wildman–Crippen MR) is 154 cm³/mol. The molecule has 1 amide bonds. The summed E-state index contributed by atoms with van der Waals surface area (Å²) in [5, 5.41) is 8.93. The Morgan fingerprint density at radius 2 is 1.62 bits per heavy atom. The molecule has 0 saturated heterocycles. The minimum absolute atomic E-state index is 0.0572. The number of benzene rings is 4. The lowest BCUT2D eigenvalue weighted by atomic mass is 10.1. The number of para-hydroxylation sites is 2. The summed E-state index contributed by atoms with van der Waals surface area (Å²) < 4.78 is 18.9. The largest absolute Gasteiger partial charge is 0.495 e. The van der Waals surface area contributed by atoms with Gasteiger partial charge in [-0.3, -0.25) is 4.79 Å². The highest BCUT2D eigenvalue weighted by molar-refractivity contribution is 8.00. The zero-order chi connectivity index (χ0) is 26.2. The van der Waals surface area contributed by atoms with E-state index in [9.17, 15) is 9.18 Å². The smallest absolute Gasteiger partial charge is 0.242 e. The number of amides is 1. The van der Waals surface area contributed by atoms with Crippen molar-refractivity contribution in [3.05, 3.63) is 113 Å². The van der Waals surface area contributed by atoms with E-state index in [1.54, 1.807) is 7.11 Å². The van der Waals surface area contributed by atoms with Crippen molar-refractivity contribution in [1.29, 1.82) is 0 Å². The number of methoxy groups -OCH3 is 1. The first-order valence-electron chi connectivity index (χ1n) is 11.2. The van der Waals surface area contributed by atoms with Gasteiger partial charge in [-0.15, -0.1) is 11.8 Å². The van der Waals surface area contributed by atoms with Crippen molar-refractivity contribution in [2.24, 2.45) is 0 Å². The lowest BCUT2D eigenvalue weighted by molar-refractivity contribution is -0.115. The van der Waals surface area contributed by atoms with E-state index in [0.29, 0.717) is 16.5 Å². The van der Waals surface area contributed by atoms with Gasteiger partial charge < -0.3 is 20.7 Å². The molecule has 0 aliphatic carbocycles. The fraction of sp³-hybridized carbons (Fsp3) is 0.0714. The third-order valence-electron chi connectivity index (χ3n) is 5.23. The molecular formula is C28H23ClFN3O2S2. The van der Waals surface area contributed by atoms with E-state index >= 15 is 0 Å². The van der Waals surface area contributed by atoms with Gasteiger partial charge in [-0.25, -0.2) is 4.39 Å². The van der Waals surface area contributed by atoms with E-state index < -0.39 is 11.1 Å². The summed E-state index contributed by atoms with van der Waals surface area (Å²) in [5.74, 6) is -0.128. The van der Waals surface area contributed by atoms with Gasteiger partial charge in [0.2, 0.25) is 5.91 Å². The van der Waals surface area contributed by atoms with Crippen LogP contribution in [-0.4, -0.2) is 18.1 Å². The molecule has 3 N–H and O–H groups in total. The number of thioether (sulfide) groups is 1. The minimum Gasteiger partial charge on any atom is -0.495 e. The molecule has 0 aliphatic rings. The molecule has 188 valence electrons. The molecule has 1 unspecified atom stereocenters. The third kappa shape index (κ3) is 7.22. The molecule has 0 heterocycles. The lowest BCUT2D eigenvalue weighted by Crippen LogP contribution is -2.20. The molecule has 9 heteroatoms. The summed E-state index contributed by atoms with van der Waals surface area (Å²) in [6, 6.07) is 28.6. The molecule has 37 heavy (non-hydrogen) atoms. The zero-order valence-electron chi connectivity index (χ0n) is 19.7. The molecule has 4 aromatic rings. The summed E-state index contributed by atoms with van der Waals surface area (Å²) in [7, 11) is 1.60. The van der Waals surface area contributed by atoms with Crippen LogP contribution < -0.4 is 20.7 Å². The molecule has 0 bridgehead atoms. The van der Waals surface area contributed by atoms with Crippen LogP contribution >= 0.6 is 35.6 Å². The van der Waals surface area contributed by atoms with Crippen LogP contribution in [0.1, 0.15) is 10.8 Å². The molecule has 0 spiro atoms. The van der Waals surface area contributed by atoms with E-state index in [1.807, 2.05) is 78.9 Å². The van der Waals surface area contributed by atoms with Gasteiger partial charge in [-0.05, 0) is 66.3 Å². The number of carbonyl (C=O) groups excluding carboxylic acids is 1. The molecule has 4 aromatic carbocycles. The van der Waals surface area contributed by atoms with Crippen LogP contribution in [0, 0.1) is 5.82 Å². The Labute approximate surface area is 229 Å². The van der Waals surface area contributed by atoms with Gasteiger partial charge in [0, 0.05) is 16.3 Å². The van der Waals surface area contributed by atoms with Crippen LogP contribution in [0.15, 0.2) is 102 Å². The normalized spacial score (nSPS) is 11.3. The SMILES string of the molecule is COc1ccccc1NC(=S)Nc1cccc(SC(C(=O)Nc2ccc(F)c(Cl)c2)c2ccccc2)c1. The highest BCUT2D eigenvalue weighted by atomic mass is 35.5. The van der Waals surface area contributed by atoms with Crippen molar-refractivity contribution in [3.63, 3.8) is 0 Å². The van der Waals surface area contributed by atoms with E-state index in [1.165, 1.54) is 30.0 Å². The average molecular weight is 552 g/mol. The Bertz CT molecular complexity index is 1410. The number of rotatable bonds is 8. The fourth-order valence-corrected chi connectivity index (χ4v) is 4.99. The Kier molecular flexibility index (Phi) is 9.00. The second kappa shape index (κ2) is 12.6. The molecule has 1 atom stereocenters. The average Bonchev–Trinajstić information content (AvgIpc) is 2.90. The number of ether oxygens (including phenoxy) is 1. The first-order valence-corrected chi connectivity index (χ1v) is 12.9. The zero-order valence-corrected chi connectivity index (χ0v) is 22.1. The molecule has 0 aliphatic heterocycles. The maximum Gasteiger partial charge on any atom is 0.242 e. The van der Waals surface area contributed by atoms with Crippen LogP contribution in [0.4, 0.5) is 21.5 Å². The lowest BCUT2D eigenvalue weighted by Gasteiger charge is -2.18. The van der Waals surface area contributed by atoms with Gasteiger partial charge in [0.05, 0.1) is 17.8 Å². The van der Waals surface area contributed by atoms with Gasteiger partial charge in [0.15, 0.2) is 5.11 Å². The van der Waals surface area contributed by atoms with Crippen molar-refractivity contribution in [1.82, 2.24) is 0 Å². The van der Waals surface area contributed by atoms with Crippen molar-refractivity contribution in [2.45, 2.75) is 10.1 Å². The van der Waals surface area contributed by atoms with Crippen LogP contribution in [0.3, 0.4) is 0 Å². The van der Waals surface area contributed by atoms with Crippen LogP contribution in [0.5, 0.6) is 5.75 Å². The third-order valence-corrected chi connectivity index (χ3v) is 6.97. The first kappa shape index (κ1) is 26.5. The first-order chi connectivity index (χ1) is 17.9. The van der Waals surface area contributed by atoms with Crippen molar-refractivity contribution >= 4 is 63.7 Å².